The maximum Gasteiger partial charge on any atom is 0.138 e. The van der Waals surface area contributed by atoms with Gasteiger partial charge in [0.15, 0.2) is 0 Å². The van der Waals surface area contributed by atoms with Crippen LogP contribution in [0.2, 0.25) is 0 Å². The van der Waals surface area contributed by atoms with E-state index in [0.717, 1.165) is 35.4 Å². The molecule has 0 atom stereocenters. The second kappa shape index (κ2) is 7.39. The van der Waals surface area contributed by atoms with Gasteiger partial charge in [-0.2, -0.15) is 0 Å². The molecule has 0 bridgehead atoms. The van der Waals surface area contributed by atoms with Crippen LogP contribution in [0.25, 0.3) is 6.08 Å². The average Bonchev–Trinajstić information content (AvgIpc) is 2.42. The van der Waals surface area contributed by atoms with Gasteiger partial charge in [0, 0.05) is 17.0 Å². The standard InChI is InChI=1S/C16H19BrO2/c1-13-6-7-14-8-9-15(12-16(14)19-13)18-11-5-3-2-4-10-17/h6-9,12H,1-5,10-11H2. The van der Waals surface area contributed by atoms with Crippen LogP contribution in [0, 0.1) is 0 Å². The van der Waals surface area contributed by atoms with Gasteiger partial charge >= 0.3 is 0 Å². The normalized spacial score (nSPS) is 13.0. The molecule has 0 unspecified atom stereocenters. The van der Waals surface area contributed by atoms with E-state index in [2.05, 4.69) is 22.5 Å². The molecule has 0 aromatic heterocycles. The Kier molecular flexibility index (Phi) is 5.52. The number of halogens is 1. The van der Waals surface area contributed by atoms with E-state index in [1.54, 1.807) is 0 Å². The van der Waals surface area contributed by atoms with Gasteiger partial charge in [-0.3, -0.25) is 0 Å². The first-order valence-corrected chi connectivity index (χ1v) is 7.79. The highest BCUT2D eigenvalue weighted by Crippen LogP contribution is 2.30. The quantitative estimate of drug-likeness (QED) is 0.523. The van der Waals surface area contributed by atoms with Gasteiger partial charge in [-0.1, -0.05) is 35.4 Å². The van der Waals surface area contributed by atoms with Crippen LogP contribution in [0.4, 0.5) is 0 Å². The van der Waals surface area contributed by atoms with Crippen LogP contribution in [0.3, 0.4) is 0 Å². The molecule has 1 aliphatic heterocycles. The second-order valence-corrected chi connectivity index (χ2v) is 5.35. The summed E-state index contributed by atoms with van der Waals surface area (Å²) in [6, 6.07) is 5.93. The number of hydrogen-bond donors (Lipinski definition) is 0. The predicted octanol–water partition coefficient (Wildman–Crippen LogP) is 4.94. The molecule has 0 aliphatic carbocycles. The molecule has 1 aromatic carbocycles. The number of hydrogen-bond acceptors (Lipinski definition) is 2. The molecule has 0 amide bonds. The Balaban J connectivity index is 1.80. The van der Waals surface area contributed by atoms with Crippen LogP contribution >= 0.6 is 15.9 Å². The molecule has 0 saturated carbocycles. The molecule has 0 spiro atoms. The smallest absolute Gasteiger partial charge is 0.138 e. The minimum atomic E-state index is 0.666. The monoisotopic (exact) mass is 322 g/mol. The Morgan fingerprint density at radius 2 is 1.95 bits per heavy atom. The number of alkyl halides is 1. The summed E-state index contributed by atoms with van der Waals surface area (Å²) in [6.07, 6.45) is 8.68. The summed E-state index contributed by atoms with van der Waals surface area (Å²) in [4.78, 5) is 0. The van der Waals surface area contributed by atoms with Gasteiger partial charge in [-0.25, -0.2) is 0 Å². The SMILES string of the molecule is C=C1C=Cc2ccc(OCCCCCCBr)cc2O1. The summed E-state index contributed by atoms with van der Waals surface area (Å²) in [5.74, 6) is 2.35. The van der Waals surface area contributed by atoms with Crippen molar-refractivity contribution in [3.63, 3.8) is 0 Å². The summed E-state index contributed by atoms with van der Waals surface area (Å²) in [6.45, 7) is 4.55. The van der Waals surface area contributed by atoms with Crippen LogP contribution < -0.4 is 9.47 Å². The van der Waals surface area contributed by atoms with Crippen LogP contribution in [0.1, 0.15) is 31.2 Å². The maximum atomic E-state index is 5.74. The fourth-order valence-corrected chi connectivity index (χ4v) is 2.33. The third kappa shape index (κ3) is 4.43. The molecule has 0 radical (unpaired) electrons. The lowest BCUT2D eigenvalue weighted by Crippen LogP contribution is -2.00. The molecule has 102 valence electrons. The number of ether oxygens (including phenoxy) is 2. The van der Waals surface area contributed by atoms with Crippen molar-refractivity contribution in [2.75, 3.05) is 11.9 Å². The fraction of sp³-hybridized carbons (Fsp3) is 0.375. The molecule has 0 saturated heterocycles. The van der Waals surface area contributed by atoms with Crippen molar-refractivity contribution in [1.82, 2.24) is 0 Å². The van der Waals surface area contributed by atoms with E-state index in [1.807, 2.05) is 30.4 Å². The highest BCUT2D eigenvalue weighted by Gasteiger charge is 2.09. The minimum Gasteiger partial charge on any atom is -0.493 e. The van der Waals surface area contributed by atoms with Crippen LogP contribution in [-0.2, 0) is 0 Å². The second-order valence-electron chi connectivity index (χ2n) is 4.55. The molecule has 3 heteroatoms. The summed E-state index contributed by atoms with van der Waals surface area (Å²) < 4.78 is 11.3. The van der Waals surface area contributed by atoms with Crippen LogP contribution in [0.5, 0.6) is 11.5 Å². The molecule has 2 rings (SSSR count). The molecule has 1 aliphatic rings. The highest BCUT2D eigenvalue weighted by molar-refractivity contribution is 9.09. The number of unbranched alkanes of at least 4 members (excludes halogenated alkanes) is 3. The van der Waals surface area contributed by atoms with Crippen molar-refractivity contribution in [3.8, 4) is 11.5 Å². The lowest BCUT2D eigenvalue weighted by atomic mass is 10.1. The molecule has 1 aromatic rings. The average molecular weight is 323 g/mol. The Morgan fingerprint density at radius 1 is 1.11 bits per heavy atom. The summed E-state index contributed by atoms with van der Waals surface area (Å²) in [5, 5.41) is 1.09. The van der Waals surface area contributed by atoms with Gasteiger partial charge in [0.2, 0.25) is 0 Å². The van der Waals surface area contributed by atoms with E-state index >= 15 is 0 Å². The molecule has 19 heavy (non-hydrogen) atoms. The first-order chi connectivity index (χ1) is 9.29. The Bertz CT molecular complexity index is 466. The number of allylic oxidation sites excluding steroid dienone is 1. The van der Waals surface area contributed by atoms with Crippen LogP contribution in [-0.4, -0.2) is 11.9 Å². The van der Waals surface area contributed by atoms with Gasteiger partial charge in [-0.05, 0) is 37.1 Å². The highest BCUT2D eigenvalue weighted by atomic mass is 79.9. The van der Waals surface area contributed by atoms with Crippen LogP contribution in [0.15, 0.2) is 36.6 Å². The molecule has 0 N–H and O–H groups in total. The summed E-state index contributed by atoms with van der Waals surface area (Å²) in [5.41, 5.74) is 1.07. The first kappa shape index (κ1) is 14.2. The zero-order valence-corrected chi connectivity index (χ0v) is 12.6. The van der Waals surface area contributed by atoms with Crippen molar-refractivity contribution < 1.29 is 9.47 Å². The van der Waals surface area contributed by atoms with E-state index in [0.29, 0.717) is 5.76 Å². The van der Waals surface area contributed by atoms with Gasteiger partial charge < -0.3 is 9.47 Å². The van der Waals surface area contributed by atoms with E-state index in [-0.39, 0.29) is 0 Å². The van der Waals surface area contributed by atoms with E-state index < -0.39 is 0 Å². The molecule has 2 nitrogen and oxygen atoms in total. The lowest BCUT2D eigenvalue weighted by molar-refractivity contribution is 0.303. The molecular weight excluding hydrogens is 304 g/mol. The van der Waals surface area contributed by atoms with Crippen molar-refractivity contribution in [1.29, 1.82) is 0 Å². The Hall–Kier alpha value is -1.22. The molecule has 1 heterocycles. The van der Waals surface area contributed by atoms with E-state index in [1.165, 1.54) is 19.3 Å². The zero-order valence-electron chi connectivity index (χ0n) is 11.0. The molecule has 0 fully saturated rings. The van der Waals surface area contributed by atoms with E-state index in [9.17, 15) is 0 Å². The van der Waals surface area contributed by atoms with Gasteiger partial charge in [0.05, 0.1) is 6.61 Å². The predicted molar refractivity (Wildman–Crippen MR) is 83.0 cm³/mol. The van der Waals surface area contributed by atoms with Gasteiger partial charge in [-0.15, -0.1) is 0 Å². The topological polar surface area (TPSA) is 18.5 Å². The Morgan fingerprint density at radius 3 is 2.79 bits per heavy atom. The Labute approximate surface area is 123 Å². The van der Waals surface area contributed by atoms with Crippen molar-refractivity contribution >= 4 is 22.0 Å². The zero-order chi connectivity index (χ0) is 13.5. The summed E-state index contributed by atoms with van der Waals surface area (Å²) in [7, 11) is 0. The fourth-order valence-electron chi connectivity index (χ4n) is 1.93. The van der Waals surface area contributed by atoms with Gasteiger partial charge in [0.25, 0.3) is 0 Å². The third-order valence-electron chi connectivity index (χ3n) is 2.97. The molecular formula is C16H19BrO2. The number of rotatable bonds is 7. The number of benzene rings is 1. The minimum absolute atomic E-state index is 0.666. The largest absolute Gasteiger partial charge is 0.493 e. The first-order valence-electron chi connectivity index (χ1n) is 6.67. The van der Waals surface area contributed by atoms with E-state index in [4.69, 9.17) is 9.47 Å². The third-order valence-corrected chi connectivity index (χ3v) is 3.53. The van der Waals surface area contributed by atoms with Crippen molar-refractivity contribution in [2.24, 2.45) is 0 Å². The van der Waals surface area contributed by atoms with Crippen molar-refractivity contribution in [2.45, 2.75) is 25.7 Å². The van der Waals surface area contributed by atoms with Crippen molar-refractivity contribution in [3.05, 3.63) is 42.2 Å². The summed E-state index contributed by atoms with van der Waals surface area (Å²) >= 11 is 3.44. The maximum absolute atomic E-state index is 5.74. The van der Waals surface area contributed by atoms with Gasteiger partial charge in [0.1, 0.15) is 17.3 Å². The lowest BCUT2D eigenvalue weighted by Gasteiger charge is -2.15. The number of fused-ring (bicyclic) bond motifs is 1.